The zero-order chi connectivity index (χ0) is 20.2. The van der Waals surface area contributed by atoms with Crippen molar-refractivity contribution in [3.05, 3.63) is 59.1 Å². The van der Waals surface area contributed by atoms with Crippen molar-refractivity contribution in [2.75, 3.05) is 18.4 Å². The second-order valence-corrected chi connectivity index (χ2v) is 7.21. The fourth-order valence-corrected chi connectivity index (χ4v) is 3.28. The Bertz CT molecular complexity index is 1010. The van der Waals surface area contributed by atoms with Crippen molar-refractivity contribution in [1.29, 1.82) is 0 Å². The number of carbonyl (C=O) groups is 2. The second-order valence-electron chi connectivity index (χ2n) is 6.78. The van der Waals surface area contributed by atoms with Crippen LogP contribution in [0.3, 0.4) is 0 Å². The number of nitrogens with one attached hydrogen (secondary N) is 1. The highest BCUT2D eigenvalue weighted by Crippen LogP contribution is 2.17. The van der Waals surface area contributed by atoms with Gasteiger partial charge < -0.3 is 10.2 Å². The minimum Gasteiger partial charge on any atom is -0.339 e. The Morgan fingerprint density at radius 2 is 1.69 bits per heavy atom. The van der Waals surface area contributed by atoms with E-state index in [1.165, 1.54) is 4.80 Å². The van der Waals surface area contributed by atoms with Crippen molar-refractivity contribution >= 4 is 29.1 Å². The predicted molar refractivity (Wildman–Crippen MR) is 108 cm³/mol. The van der Waals surface area contributed by atoms with Gasteiger partial charge >= 0.3 is 0 Å². The molecule has 1 aromatic heterocycles. The number of aromatic nitrogens is 4. The van der Waals surface area contributed by atoms with Crippen LogP contribution in [-0.2, 0) is 11.3 Å². The van der Waals surface area contributed by atoms with Crippen LogP contribution in [0.15, 0.2) is 48.5 Å². The molecule has 0 aliphatic carbocycles. The summed E-state index contributed by atoms with van der Waals surface area (Å²) >= 11 is 5.87. The summed E-state index contributed by atoms with van der Waals surface area (Å²) in [4.78, 5) is 27.7. The van der Waals surface area contributed by atoms with Crippen molar-refractivity contribution in [1.82, 2.24) is 25.1 Å². The van der Waals surface area contributed by atoms with Crippen LogP contribution in [0.1, 0.15) is 23.2 Å². The molecule has 4 rings (SSSR count). The van der Waals surface area contributed by atoms with E-state index >= 15 is 0 Å². The molecule has 0 saturated carbocycles. The minimum atomic E-state index is -0.288. The van der Waals surface area contributed by atoms with E-state index in [2.05, 4.69) is 20.7 Å². The van der Waals surface area contributed by atoms with Gasteiger partial charge in [0.15, 0.2) is 0 Å². The van der Waals surface area contributed by atoms with Crippen LogP contribution in [0.2, 0.25) is 5.02 Å². The van der Waals surface area contributed by atoms with Crippen LogP contribution in [0, 0.1) is 0 Å². The number of hydrogen-bond donors (Lipinski definition) is 1. The Morgan fingerprint density at radius 1 is 1.00 bits per heavy atom. The van der Waals surface area contributed by atoms with Crippen molar-refractivity contribution in [2.45, 2.75) is 19.4 Å². The maximum Gasteiger partial charge on any atom is 0.253 e. The SMILES string of the molecule is O=C(Cn1nnc(-c2ccc(Cl)cc2)n1)Nc1ccc(C(=O)N2CCCC2)cc1. The van der Waals surface area contributed by atoms with E-state index in [1.54, 1.807) is 48.5 Å². The number of anilines is 1. The summed E-state index contributed by atoms with van der Waals surface area (Å²) in [5.41, 5.74) is 1.99. The van der Waals surface area contributed by atoms with Gasteiger partial charge in [-0.2, -0.15) is 4.80 Å². The number of rotatable bonds is 5. The Morgan fingerprint density at radius 3 is 2.38 bits per heavy atom. The van der Waals surface area contributed by atoms with Crippen molar-refractivity contribution in [3.8, 4) is 11.4 Å². The van der Waals surface area contributed by atoms with Crippen molar-refractivity contribution < 1.29 is 9.59 Å². The number of benzene rings is 2. The third kappa shape index (κ3) is 4.60. The van der Waals surface area contributed by atoms with Gasteiger partial charge in [-0.15, -0.1) is 10.2 Å². The van der Waals surface area contributed by atoms with Gasteiger partial charge in [0.2, 0.25) is 11.7 Å². The van der Waals surface area contributed by atoms with Crippen molar-refractivity contribution in [2.24, 2.45) is 0 Å². The third-order valence-corrected chi connectivity index (χ3v) is 4.90. The van der Waals surface area contributed by atoms with E-state index in [-0.39, 0.29) is 18.4 Å². The van der Waals surface area contributed by atoms with E-state index < -0.39 is 0 Å². The van der Waals surface area contributed by atoms with Gasteiger partial charge in [0, 0.05) is 34.9 Å². The van der Waals surface area contributed by atoms with E-state index in [9.17, 15) is 9.59 Å². The van der Waals surface area contributed by atoms with E-state index in [4.69, 9.17) is 11.6 Å². The fourth-order valence-electron chi connectivity index (χ4n) is 3.15. The Hall–Kier alpha value is -3.26. The summed E-state index contributed by atoms with van der Waals surface area (Å²) in [6.07, 6.45) is 2.10. The summed E-state index contributed by atoms with van der Waals surface area (Å²) in [5.74, 6) is 0.157. The lowest BCUT2D eigenvalue weighted by molar-refractivity contribution is -0.117. The summed E-state index contributed by atoms with van der Waals surface area (Å²) in [6.45, 7) is 1.54. The smallest absolute Gasteiger partial charge is 0.253 e. The molecule has 0 bridgehead atoms. The first kappa shape index (κ1) is 19.1. The molecule has 1 N–H and O–H groups in total. The number of hydrogen-bond acceptors (Lipinski definition) is 5. The van der Waals surface area contributed by atoms with Gasteiger partial charge in [-0.1, -0.05) is 11.6 Å². The summed E-state index contributed by atoms with van der Waals surface area (Å²) in [7, 11) is 0. The van der Waals surface area contributed by atoms with Crippen LogP contribution < -0.4 is 5.32 Å². The Labute approximate surface area is 172 Å². The van der Waals surface area contributed by atoms with E-state index in [0.717, 1.165) is 31.5 Å². The highest BCUT2D eigenvalue weighted by atomic mass is 35.5. The molecule has 0 atom stereocenters. The maximum atomic E-state index is 12.4. The lowest BCUT2D eigenvalue weighted by Crippen LogP contribution is -2.27. The number of amides is 2. The Balaban J connectivity index is 1.35. The number of halogens is 1. The zero-order valence-corrected chi connectivity index (χ0v) is 16.3. The number of nitrogens with zero attached hydrogens (tertiary/aromatic N) is 5. The van der Waals surface area contributed by atoms with Gasteiger partial charge in [0.1, 0.15) is 6.54 Å². The number of likely N-dealkylation sites (tertiary alicyclic amines) is 1. The molecule has 1 saturated heterocycles. The van der Waals surface area contributed by atoms with Gasteiger partial charge in [0.05, 0.1) is 0 Å². The molecule has 1 aliphatic heterocycles. The largest absolute Gasteiger partial charge is 0.339 e. The maximum absolute atomic E-state index is 12.4. The molecular weight excluding hydrogens is 392 g/mol. The molecule has 2 aromatic carbocycles. The lowest BCUT2D eigenvalue weighted by atomic mass is 10.2. The lowest BCUT2D eigenvalue weighted by Gasteiger charge is -2.15. The van der Waals surface area contributed by atoms with E-state index in [0.29, 0.717) is 22.1 Å². The molecule has 2 heterocycles. The third-order valence-electron chi connectivity index (χ3n) is 4.65. The summed E-state index contributed by atoms with van der Waals surface area (Å²) in [5, 5.41) is 15.5. The van der Waals surface area contributed by atoms with Gasteiger partial charge in [-0.3, -0.25) is 9.59 Å². The molecule has 9 heteroatoms. The highest BCUT2D eigenvalue weighted by Gasteiger charge is 2.19. The topological polar surface area (TPSA) is 93.0 Å². The molecule has 0 unspecified atom stereocenters. The van der Waals surface area contributed by atoms with Gasteiger partial charge in [0.25, 0.3) is 5.91 Å². The molecule has 0 spiro atoms. The van der Waals surface area contributed by atoms with Crippen LogP contribution in [0.5, 0.6) is 0 Å². The number of carbonyl (C=O) groups excluding carboxylic acids is 2. The van der Waals surface area contributed by atoms with E-state index in [1.807, 2.05) is 4.90 Å². The van der Waals surface area contributed by atoms with Gasteiger partial charge in [-0.25, -0.2) is 0 Å². The van der Waals surface area contributed by atoms with Gasteiger partial charge in [-0.05, 0) is 66.6 Å². The zero-order valence-electron chi connectivity index (χ0n) is 15.6. The molecular formula is C20H19ClN6O2. The molecule has 1 aliphatic rings. The first-order valence-corrected chi connectivity index (χ1v) is 9.69. The summed E-state index contributed by atoms with van der Waals surface area (Å²) in [6, 6.07) is 13.9. The molecule has 0 radical (unpaired) electrons. The standard InChI is InChI=1S/C20H19ClN6O2/c21-16-7-3-14(4-8-16)19-23-25-27(24-19)13-18(28)22-17-9-5-15(6-10-17)20(29)26-11-1-2-12-26/h3-10H,1-2,11-13H2,(H,22,28). The molecule has 8 nitrogen and oxygen atoms in total. The van der Waals surface area contributed by atoms with Crippen LogP contribution >= 0.6 is 11.6 Å². The van der Waals surface area contributed by atoms with Crippen LogP contribution in [-0.4, -0.2) is 50.0 Å². The molecule has 2 amide bonds. The molecule has 29 heavy (non-hydrogen) atoms. The first-order chi connectivity index (χ1) is 14.1. The number of tetrazole rings is 1. The van der Waals surface area contributed by atoms with Crippen LogP contribution in [0.25, 0.3) is 11.4 Å². The first-order valence-electron chi connectivity index (χ1n) is 9.31. The van der Waals surface area contributed by atoms with Crippen LogP contribution in [0.4, 0.5) is 5.69 Å². The molecule has 148 valence electrons. The highest BCUT2D eigenvalue weighted by molar-refractivity contribution is 6.30. The monoisotopic (exact) mass is 410 g/mol. The average molecular weight is 411 g/mol. The summed E-state index contributed by atoms with van der Waals surface area (Å²) < 4.78 is 0. The second kappa shape index (κ2) is 8.40. The predicted octanol–water partition coefficient (Wildman–Crippen LogP) is 2.87. The minimum absolute atomic E-state index is 0.0296. The molecule has 3 aromatic rings. The quantitative estimate of drug-likeness (QED) is 0.698. The van der Waals surface area contributed by atoms with Crippen molar-refractivity contribution in [3.63, 3.8) is 0 Å². The fraction of sp³-hybridized carbons (Fsp3) is 0.250. The normalized spacial score (nSPS) is 13.5. The average Bonchev–Trinajstić information content (AvgIpc) is 3.41. The Kier molecular flexibility index (Phi) is 5.53. The molecule has 1 fully saturated rings.